The van der Waals surface area contributed by atoms with Gasteiger partial charge in [-0.3, -0.25) is 4.79 Å². The monoisotopic (exact) mass is 375 g/mol. The molecular formula is C18H25N5O4. The average Bonchev–Trinajstić information content (AvgIpc) is 3.37. The Hall–Kier alpha value is -2.84. The Labute approximate surface area is 157 Å². The van der Waals surface area contributed by atoms with Gasteiger partial charge in [-0.25, -0.2) is 4.79 Å². The molecule has 9 heteroatoms. The van der Waals surface area contributed by atoms with Gasteiger partial charge in [0.1, 0.15) is 6.54 Å². The highest BCUT2D eigenvalue weighted by Crippen LogP contribution is 2.15. The van der Waals surface area contributed by atoms with E-state index in [0.29, 0.717) is 43.5 Å². The first kappa shape index (κ1) is 18.9. The van der Waals surface area contributed by atoms with Gasteiger partial charge in [-0.2, -0.15) is 4.98 Å². The molecular weight excluding hydrogens is 350 g/mol. The van der Waals surface area contributed by atoms with Gasteiger partial charge in [0.25, 0.3) is 5.91 Å². The second-order valence-corrected chi connectivity index (χ2v) is 6.49. The summed E-state index contributed by atoms with van der Waals surface area (Å²) in [6.45, 7) is 5.73. The van der Waals surface area contributed by atoms with Crippen LogP contribution in [0.5, 0.6) is 0 Å². The van der Waals surface area contributed by atoms with Gasteiger partial charge >= 0.3 is 6.03 Å². The van der Waals surface area contributed by atoms with Crippen LogP contribution in [0.25, 0.3) is 0 Å². The molecule has 2 aromatic rings. The number of furan rings is 1. The maximum atomic E-state index is 12.6. The highest BCUT2D eigenvalue weighted by atomic mass is 16.5. The van der Waals surface area contributed by atoms with Crippen LogP contribution in [-0.2, 0) is 13.0 Å². The van der Waals surface area contributed by atoms with Crippen molar-refractivity contribution >= 4 is 11.9 Å². The normalized spacial score (nSPS) is 17.0. The average molecular weight is 375 g/mol. The van der Waals surface area contributed by atoms with Gasteiger partial charge < -0.3 is 24.1 Å². The lowest BCUT2D eigenvalue weighted by molar-refractivity contribution is 0.0662. The van der Waals surface area contributed by atoms with Gasteiger partial charge in [0, 0.05) is 32.1 Å². The maximum Gasteiger partial charge on any atom is 0.318 e. The highest BCUT2D eigenvalue weighted by Gasteiger charge is 2.28. The summed E-state index contributed by atoms with van der Waals surface area (Å²) in [4.78, 5) is 32.6. The molecule has 1 aliphatic rings. The molecule has 3 amide bonds. The molecule has 0 radical (unpaired) electrons. The van der Waals surface area contributed by atoms with Gasteiger partial charge in [0.05, 0.1) is 6.26 Å². The van der Waals surface area contributed by atoms with Crippen LogP contribution >= 0.6 is 0 Å². The number of amides is 3. The Kier molecular flexibility index (Phi) is 6.10. The highest BCUT2D eigenvalue weighted by molar-refractivity contribution is 5.91. The van der Waals surface area contributed by atoms with Crippen LogP contribution in [0.4, 0.5) is 4.79 Å². The molecule has 3 rings (SSSR count). The number of rotatable bonds is 6. The van der Waals surface area contributed by atoms with Crippen molar-refractivity contribution in [3.63, 3.8) is 0 Å². The Morgan fingerprint density at radius 3 is 2.93 bits per heavy atom. The number of likely N-dealkylation sites (tertiary alicyclic amines) is 1. The molecule has 0 saturated carbocycles. The van der Waals surface area contributed by atoms with E-state index in [4.69, 9.17) is 8.94 Å². The fourth-order valence-electron chi connectivity index (χ4n) is 3.09. The van der Waals surface area contributed by atoms with Gasteiger partial charge in [-0.05, 0) is 31.9 Å². The third-order valence-corrected chi connectivity index (χ3v) is 4.59. The number of aryl methyl sites for hydroxylation is 1. The third kappa shape index (κ3) is 4.66. The summed E-state index contributed by atoms with van der Waals surface area (Å²) < 4.78 is 10.4. The van der Waals surface area contributed by atoms with E-state index >= 15 is 0 Å². The molecule has 2 aromatic heterocycles. The molecule has 0 unspecified atom stereocenters. The van der Waals surface area contributed by atoms with Gasteiger partial charge in [0.2, 0.25) is 5.89 Å². The number of carbonyl (C=O) groups is 2. The molecule has 1 atom stereocenters. The fourth-order valence-corrected chi connectivity index (χ4v) is 3.09. The molecule has 1 aliphatic heterocycles. The van der Waals surface area contributed by atoms with E-state index in [2.05, 4.69) is 15.5 Å². The lowest BCUT2D eigenvalue weighted by Crippen LogP contribution is -2.52. The molecule has 3 heterocycles. The minimum atomic E-state index is -0.203. The lowest BCUT2D eigenvalue weighted by atomic mass is 10.1. The van der Waals surface area contributed by atoms with Crippen LogP contribution in [-0.4, -0.2) is 57.6 Å². The summed E-state index contributed by atoms with van der Waals surface area (Å²) in [5.74, 6) is 1.22. The molecule has 1 fully saturated rings. The van der Waals surface area contributed by atoms with Crippen molar-refractivity contribution in [2.45, 2.75) is 45.7 Å². The Bertz CT molecular complexity index is 758. The first-order valence-electron chi connectivity index (χ1n) is 9.30. The summed E-state index contributed by atoms with van der Waals surface area (Å²) in [5, 5.41) is 6.87. The SMILES string of the molecule is CCc1noc(CN(CC)C(=O)N[C@H]2CCCN(C(=O)c3ccco3)C2)n1. The van der Waals surface area contributed by atoms with Crippen LogP contribution in [0, 0.1) is 0 Å². The van der Waals surface area contributed by atoms with Gasteiger partial charge in [-0.1, -0.05) is 12.1 Å². The number of nitrogens with one attached hydrogen (secondary N) is 1. The zero-order valence-electron chi connectivity index (χ0n) is 15.7. The first-order chi connectivity index (χ1) is 13.1. The number of aromatic nitrogens is 2. The third-order valence-electron chi connectivity index (χ3n) is 4.59. The van der Waals surface area contributed by atoms with Crippen molar-refractivity contribution in [3.05, 3.63) is 35.9 Å². The van der Waals surface area contributed by atoms with E-state index in [1.165, 1.54) is 6.26 Å². The van der Waals surface area contributed by atoms with Gasteiger partial charge in [-0.15, -0.1) is 0 Å². The van der Waals surface area contributed by atoms with E-state index in [1.54, 1.807) is 21.9 Å². The van der Waals surface area contributed by atoms with E-state index in [1.807, 2.05) is 13.8 Å². The summed E-state index contributed by atoms with van der Waals surface area (Å²) >= 11 is 0. The van der Waals surface area contributed by atoms with Crippen molar-refractivity contribution < 1.29 is 18.5 Å². The Morgan fingerprint density at radius 1 is 1.41 bits per heavy atom. The number of nitrogens with zero attached hydrogens (tertiary/aromatic N) is 4. The summed E-state index contributed by atoms with van der Waals surface area (Å²) in [6.07, 6.45) is 3.82. The fraction of sp³-hybridized carbons (Fsp3) is 0.556. The Morgan fingerprint density at radius 2 is 2.26 bits per heavy atom. The summed E-state index contributed by atoms with van der Waals surface area (Å²) in [6, 6.07) is 3.04. The number of hydrogen-bond donors (Lipinski definition) is 1. The molecule has 27 heavy (non-hydrogen) atoms. The molecule has 0 aliphatic carbocycles. The molecule has 146 valence electrons. The number of piperidine rings is 1. The lowest BCUT2D eigenvalue weighted by Gasteiger charge is -2.33. The van der Waals surface area contributed by atoms with Crippen LogP contribution < -0.4 is 5.32 Å². The molecule has 0 aromatic carbocycles. The molecule has 1 saturated heterocycles. The summed E-state index contributed by atoms with van der Waals surface area (Å²) in [5.41, 5.74) is 0. The van der Waals surface area contributed by atoms with Crippen LogP contribution in [0.3, 0.4) is 0 Å². The Balaban J connectivity index is 1.56. The minimum Gasteiger partial charge on any atom is -0.459 e. The van der Waals surface area contributed by atoms with Crippen molar-refractivity contribution in [2.24, 2.45) is 0 Å². The number of carbonyl (C=O) groups excluding carboxylic acids is 2. The first-order valence-corrected chi connectivity index (χ1v) is 9.30. The maximum absolute atomic E-state index is 12.6. The zero-order chi connectivity index (χ0) is 19.2. The zero-order valence-corrected chi connectivity index (χ0v) is 15.7. The predicted octanol–water partition coefficient (Wildman–Crippen LogP) is 2.06. The second kappa shape index (κ2) is 8.70. The van der Waals surface area contributed by atoms with Crippen molar-refractivity contribution in [1.29, 1.82) is 0 Å². The van der Waals surface area contributed by atoms with E-state index in [9.17, 15) is 9.59 Å². The van der Waals surface area contributed by atoms with E-state index < -0.39 is 0 Å². The van der Waals surface area contributed by atoms with Gasteiger partial charge in [0.15, 0.2) is 11.6 Å². The summed E-state index contributed by atoms with van der Waals surface area (Å²) in [7, 11) is 0. The van der Waals surface area contributed by atoms with Crippen LogP contribution in [0.2, 0.25) is 0 Å². The predicted molar refractivity (Wildman–Crippen MR) is 95.9 cm³/mol. The van der Waals surface area contributed by atoms with Crippen LogP contribution in [0.15, 0.2) is 27.3 Å². The topological polar surface area (TPSA) is 105 Å². The number of urea groups is 1. The second-order valence-electron chi connectivity index (χ2n) is 6.49. The minimum absolute atomic E-state index is 0.104. The molecule has 0 bridgehead atoms. The van der Waals surface area contributed by atoms with Crippen molar-refractivity contribution in [1.82, 2.24) is 25.3 Å². The van der Waals surface area contributed by atoms with Crippen molar-refractivity contribution in [3.8, 4) is 0 Å². The van der Waals surface area contributed by atoms with Crippen molar-refractivity contribution in [2.75, 3.05) is 19.6 Å². The number of hydrogen-bond acceptors (Lipinski definition) is 6. The van der Waals surface area contributed by atoms with E-state index in [0.717, 1.165) is 12.8 Å². The molecule has 1 N–H and O–H groups in total. The van der Waals surface area contributed by atoms with E-state index in [-0.39, 0.29) is 24.5 Å². The smallest absolute Gasteiger partial charge is 0.318 e. The standard InChI is InChI=1S/C18H25N5O4/c1-3-15-20-16(27-21-15)12-22(4-2)18(25)19-13-7-5-9-23(11-13)17(24)14-8-6-10-26-14/h6,8,10,13H,3-5,7,9,11-12H2,1-2H3,(H,19,25)/t13-/m0/s1. The largest absolute Gasteiger partial charge is 0.459 e. The molecule has 0 spiro atoms. The van der Waals surface area contributed by atoms with Crippen LogP contribution in [0.1, 0.15) is 49.0 Å². The quantitative estimate of drug-likeness (QED) is 0.829. The molecule has 9 nitrogen and oxygen atoms in total.